The van der Waals surface area contributed by atoms with Crippen molar-refractivity contribution in [2.24, 2.45) is 10.8 Å². The van der Waals surface area contributed by atoms with Crippen molar-refractivity contribution in [3.8, 4) is 0 Å². The molecule has 7 fully saturated rings. The number of methoxy groups -OCH3 is 7. The number of unbranched alkanes of at least 4 members (excludes halogenated alkanes) is 3. The maximum absolute atomic E-state index is 12.1. The normalized spacial score (nSPS) is 34.3. The number of carbonyl (C=O) groups excluding carboxylic acids is 6. The van der Waals surface area contributed by atoms with Gasteiger partial charge in [0.1, 0.15) is 116 Å². The molecule has 14 unspecified atom stereocenters. The van der Waals surface area contributed by atoms with Gasteiger partial charge in [-0.3, -0.25) is 37.9 Å². The van der Waals surface area contributed by atoms with Gasteiger partial charge in [-0.2, -0.15) is 8.42 Å². The molecular formula is C80H143BrN7NaO45SSn. The van der Waals surface area contributed by atoms with Crippen LogP contribution in [0.1, 0.15) is 120 Å². The van der Waals surface area contributed by atoms with Gasteiger partial charge in [-0.05, 0) is 38.4 Å². The van der Waals surface area contributed by atoms with E-state index in [-0.39, 0.29) is 47.5 Å². The van der Waals surface area contributed by atoms with Crippen LogP contribution in [0, 0.1) is 6.92 Å². The summed E-state index contributed by atoms with van der Waals surface area (Å²) in [5.74, 6) is -3.55. The topological polar surface area (TPSA) is 788 Å². The van der Waals surface area contributed by atoms with E-state index in [9.17, 15) is 114 Å². The van der Waals surface area contributed by atoms with Crippen LogP contribution in [-0.2, 0) is 138 Å². The van der Waals surface area contributed by atoms with Crippen LogP contribution in [0.3, 0.4) is 0 Å². The van der Waals surface area contributed by atoms with Gasteiger partial charge in [0.2, 0.25) is 0 Å². The van der Waals surface area contributed by atoms with Crippen LogP contribution >= 0.6 is 15.9 Å². The monoisotopic (exact) mass is 2180 g/mol. The van der Waals surface area contributed by atoms with Crippen molar-refractivity contribution >= 4 is 81.6 Å². The van der Waals surface area contributed by atoms with Crippen LogP contribution in [0.25, 0.3) is 26.4 Å². The maximum Gasteiger partial charge on any atom is 1.00 e. The van der Waals surface area contributed by atoms with Crippen molar-refractivity contribution in [1.82, 2.24) is 0 Å². The molecule has 7 aliphatic rings. The first-order valence-electron chi connectivity index (χ1n) is 42.8. The molecular weight excluding hydrogens is 2030 g/mol. The summed E-state index contributed by atoms with van der Waals surface area (Å²) in [5.41, 5.74) is 27.8. The summed E-state index contributed by atoms with van der Waals surface area (Å²) in [6, 6.07) is 6.06. The summed E-state index contributed by atoms with van der Waals surface area (Å²) in [4.78, 5) is 71.7. The molecule has 1 aromatic carbocycles. The molecule has 7 heterocycles. The summed E-state index contributed by atoms with van der Waals surface area (Å²) < 4.78 is 136. The molecule has 18 N–H and O–H groups in total. The third-order valence-electron chi connectivity index (χ3n) is 20.7. The van der Waals surface area contributed by atoms with E-state index < -0.39 is 294 Å². The smallest absolute Gasteiger partial charge is 0.456 e. The Bertz CT molecular complexity index is 3560. The molecule has 7 saturated heterocycles. The van der Waals surface area contributed by atoms with Gasteiger partial charge in [-0.1, -0.05) is 38.7 Å². The number of halogens is 1. The molecule has 0 aliphatic carbocycles. The molecule has 0 aromatic heterocycles. The zero-order valence-corrected chi connectivity index (χ0v) is 87.7. The van der Waals surface area contributed by atoms with Crippen molar-refractivity contribution in [2.45, 2.75) is 355 Å². The predicted molar refractivity (Wildman–Crippen MR) is 469 cm³/mol. The SMILES string of the molecule is CCC[CH2][SnH]([CH2]CCC)[CH2]CCC.CO[C@@H]1OC(C)[C@@H](O)[C@H](O)C1O.CO[C@@H]1OC(C)[C@@H](OC(C)=O)[C@H](OC(C)=O)C1OC(C)=O.CO[C@@H]1OC(CBr)[C@@H](OC(C)=O)[C@H](OC(C)=O)C1OC(C)=O.CO[C@@H]1OC(CN)[C@@H](O)[C@H](O)C1O.CO[C@@H]1OC(CN=[N+]=[N-])[C@@H](O)[C@H](O)C1O.CO[C@@H]1OC(CO)[C@@H](O)[C@H](O)C1O.CO[C@@H]1OC(COS(=O)(=O)c2ccc(C)cc2)[C@@H](O)[C@H](O)C1O.[N-]=[N+]=[N-].[Na+]. The molecule has 35 atom stereocenters. The average Bonchev–Trinajstić information content (AvgIpc) is 0.786. The summed E-state index contributed by atoms with van der Waals surface area (Å²) in [6.45, 7) is 18.3. The number of alkyl halides is 1. The third kappa shape index (κ3) is 45.3. The van der Waals surface area contributed by atoms with E-state index >= 15 is 0 Å². The first-order valence-corrected chi connectivity index (χ1v) is 52.4. The number of benzene rings is 1. The standard InChI is InChI=1S/C14H20O8S.C13H19BrO8.C13H20O8.C7H13N3O5.C7H15NO5.C7H14O6.C7H14O5.3C4H9.N3.Na.Sn.H/c1-8-3-5-9(6-4-8)23(18,19)21-7-10-11(15)12(16)13(17)14(20-2)22-10;1-6(15)19-10-9(5-14)22-13(18-4)12(21-8(3)17)11(10)20-7(2)16;1-6-10(19-7(2)14)11(20-8(3)15)12(21-9(4)16)13(17-5)18-6;1-14-7-6(13)5(12)4(11)3(15-7)2-9-10-8;2*1-12-7-6(11)5(10)4(9)3(2-8)13-7;1-3-4(8)5(9)6(10)7(11-2)12-3;3*1-3-4-2;1-3-2;;;/h3-6,10-17H,7H2,1-2H3;9-13H,5H2,1-4H3;6,10-13H,1-5H3;3-7,11-13H,2H2,1H3;3-7,9-11H,2,8H2,1H3;3-11H,2H2,1H3;3-10H,1-2H3;3*1,3-4H2,2H3;;;;/q;;;;;;;;;;-1;+1;;/t10?,11-,12+,13?,14-;9?,10-,11+,12?,13-;6?,10-,11+,12?,13-;4*3?,4-,5+,6?,7-;;;;;;;/m1111111......./s1. The van der Waals surface area contributed by atoms with E-state index in [1.807, 2.05) is 6.92 Å². The first-order chi connectivity index (χ1) is 63.5. The number of aliphatic hydroxyl groups is 16. The number of hydrogen-bond acceptors (Lipinski definition) is 47. The van der Waals surface area contributed by atoms with Crippen LogP contribution in [0.2, 0.25) is 13.3 Å². The average molecular weight is 2180 g/mol. The van der Waals surface area contributed by atoms with Gasteiger partial charge >= 0.3 is 158 Å². The number of hydrogen-bond donors (Lipinski definition) is 17. The fourth-order valence-corrected chi connectivity index (χ4v) is 25.9. The van der Waals surface area contributed by atoms with Crippen molar-refractivity contribution in [3.63, 3.8) is 0 Å². The van der Waals surface area contributed by atoms with Gasteiger partial charge in [0.05, 0.1) is 43.0 Å². The van der Waals surface area contributed by atoms with Gasteiger partial charge in [0.15, 0.2) is 80.7 Å². The van der Waals surface area contributed by atoms with Gasteiger partial charge in [-0.15, -0.1) is 0 Å². The minimum Gasteiger partial charge on any atom is -0.456 e. The quantitative estimate of drug-likeness (QED) is 0.00482. The Morgan fingerprint density at radius 1 is 0.412 bits per heavy atom. The number of esters is 6. The van der Waals surface area contributed by atoms with Crippen molar-refractivity contribution in [3.05, 3.63) is 56.2 Å². The second-order valence-electron chi connectivity index (χ2n) is 31.0. The first kappa shape index (κ1) is 134. The Labute approximate surface area is 826 Å². The fraction of sp³-hybridized carbons (Fsp3) is 0.850. The van der Waals surface area contributed by atoms with Crippen LogP contribution in [0.15, 0.2) is 34.3 Å². The van der Waals surface area contributed by atoms with Crippen LogP contribution < -0.4 is 35.3 Å². The third-order valence-corrected chi connectivity index (χ3v) is 33.1. The number of aliphatic hydroxyl groups excluding tert-OH is 16. The van der Waals surface area contributed by atoms with Crippen molar-refractivity contribution in [1.29, 1.82) is 0 Å². The largest absolute Gasteiger partial charge is 1.00 e. The number of azide groups is 1. The molecule has 0 spiro atoms. The van der Waals surface area contributed by atoms with Gasteiger partial charge in [0, 0.05) is 108 Å². The maximum atomic E-state index is 12.1. The zero-order valence-electron chi connectivity index (χ0n) is 80.0. The second kappa shape index (κ2) is 71.1. The van der Waals surface area contributed by atoms with Crippen LogP contribution in [0.5, 0.6) is 0 Å². The number of ether oxygens (including phenoxy) is 20. The molecule has 0 bridgehead atoms. The molecule has 52 nitrogen and oxygen atoms in total. The van der Waals surface area contributed by atoms with Crippen molar-refractivity contribution < 1.29 is 247 Å². The van der Waals surface area contributed by atoms with Gasteiger partial charge in [-0.25, -0.2) is 0 Å². The number of aryl methyl sites for hydroxylation is 1. The molecule has 0 radical (unpaired) electrons. The molecule has 7 aliphatic heterocycles. The molecule has 1 aromatic rings. The minimum atomic E-state index is -4.03. The number of carbonyl (C=O) groups is 6. The van der Waals surface area contributed by atoms with E-state index in [4.69, 9.17) is 126 Å². The van der Waals surface area contributed by atoms with E-state index in [1.165, 1.54) is 147 Å². The molecule has 0 saturated carbocycles. The Hall–Kier alpha value is -4.39. The predicted octanol–water partition coefficient (Wildman–Crippen LogP) is -5.60. The van der Waals surface area contributed by atoms with Gasteiger partial charge < -0.3 is 193 Å². The summed E-state index contributed by atoms with van der Waals surface area (Å²) >= 11 is 2.28. The molecule has 8 rings (SSSR count). The Morgan fingerprint density at radius 2 is 0.699 bits per heavy atom. The number of nitrogens with two attached hydrogens (primary N) is 1. The van der Waals surface area contributed by atoms with Crippen molar-refractivity contribution in [2.75, 3.05) is 81.4 Å². The molecule has 136 heavy (non-hydrogen) atoms. The number of nitrogens with zero attached hydrogens (tertiary/aromatic N) is 6. The summed E-state index contributed by atoms with van der Waals surface area (Å²) in [7, 11) is 5.25. The number of rotatable bonds is 31. The molecule has 56 heteroatoms. The van der Waals surface area contributed by atoms with Crippen LogP contribution in [-0.4, -0.2) is 442 Å². The van der Waals surface area contributed by atoms with Crippen LogP contribution in [0.4, 0.5) is 0 Å². The zero-order chi connectivity index (χ0) is 104. The Balaban J connectivity index is 0. The van der Waals surface area contributed by atoms with E-state index in [0.29, 0.717) is 5.33 Å². The van der Waals surface area contributed by atoms with E-state index in [1.54, 1.807) is 39.3 Å². The van der Waals surface area contributed by atoms with E-state index in [0.717, 1.165) is 5.56 Å². The Morgan fingerprint density at radius 3 is 1.04 bits per heavy atom. The summed E-state index contributed by atoms with van der Waals surface area (Å²) in [5, 5.41) is 153. The molecule has 0 amide bonds. The minimum absolute atomic E-state index is 0. The Kier molecular flexibility index (Phi) is 69.9. The summed E-state index contributed by atoms with van der Waals surface area (Å²) in [6.07, 6.45) is -29.1. The molecule has 786 valence electrons. The fourth-order valence-electron chi connectivity index (χ4n) is 13.6. The second-order valence-corrected chi connectivity index (χ2v) is 43.2. The van der Waals surface area contributed by atoms with Gasteiger partial charge in [0.25, 0.3) is 10.1 Å². The van der Waals surface area contributed by atoms with E-state index in [2.05, 4.69) is 46.7 Å².